The van der Waals surface area contributed by atoms with Gasteiger partial charge in [0.05, 0.1) is 6.04 Å². The van der Waals surface area contributed by atoms with Gasteiger partial charge in [-0.1, -0.05) is 54.5 Å². The van der Waals surface area contributed by atoms with Crippen molar-refractivity contribution < 1.29 is 4.74 Å². The molecule has 0 bridgehead atoms. The van der Waals surface area contributed by atoms with Crippen LogP contribution >= 0.6 is 0 Å². The van der Waals surface area contributed by atoms with E-state index in [1.807, 2.05) is 0 Å². The first-order valence-electron chi connectivity index (χ1n) is 7.69. The van der Waals surface area contributed by atoms with E-state index in [0.29, 0.717) is 6.04 Å². The Labute approximate surface area is 123 Å². The quantitative estimate of drug-likeness (QED) is 0.867. The summed E-state index contributed by atoms with van der Waals surface area (Å²) in [5.74, 6) is 1.11. The van der Waals surface area contributed by atoms with Crippen molar-refractivity contribution in [1.82, 2.24) is 5.32 Å². The Morgan fingerprint density at radius 1 is 1.10 bits per heavy atom. The SMILES string of the molecule is CCNC1COc2c1cc(C(C)(C)C)cc2C(C)(C)C. The summed E-state index contributed by atoms with van der Waals surface area (Å²) in [5.41, 5.74) is 4.33. The van der Waals surface area contributed by atoms with Gasteiger partial charge in [-0.15, -0.1) is 0 Å². The van der Waals surface area contributed by atoms with Gasteiger partial charge in [0.1, 0.15) is 12.4 Å². The molecule has 2 rings (SSSR count). The second-order valence-electron chi connectivity index (χ2n) is 7.86. The molecular formula is C18H29NO. The molecule has 0 spiro atoms. The number of hydrogen-bond donors (Lipinski definition) is 1. The molecule has 2 nitrogen and oxygen atoms in total. The van der Waals surface area contributed by atoms with Crippen LogP contribution in [-0.4, -0.2) is 13.2 Å². The maximum Gasteiger partial charge on any atom is 0.128 e. The number of fused-ring (bicyclic) bond motifs is 1. The largest absolute Gasteiger partial charge is 0.491 e. The predicted molar refractivity (Wildman–Crippen MR) is 85.8 cm³/mol. The van der Waals surface area contributed by atoms with Crippen molar-refractivity contribution in [2.45, 2.75) is 65.3 Å². The standard InChI is InChI=1S/C18H29NO/c1-8-19-15-11-20-16-13(15)9-12(17(2,3)4)10-14(16)18(5,6)7/h9-10,15,19H,8,11H2,1-7H3. The molecule has 1 heterocycles. The topological polar surface area (TPSA) is 21.3 Å². The lowest BCUT2D eigenvalue weighted by Crippen LogP contribution is -2.22. The van der Waals surface area contributed by atoms with E-state index >= 15 is 0 Å². The zero-order valence-corrected chi connectivity index (χ0v) is 14.1. The van der Waals surface area contributed by atoms with E-state index in [1.165, 1.54) is 16.7 Å². The maximum atomic E-state index is 6.03. The zero-order valence-electron chi connectivity index (χ0n) is 14.1. The number of ether oxygens (including phenoxy) is 1. The summed E-state index contributed by atoms with van der Waals surface area (Å²) in [4.78, 5) is 0. The van der Waals surface area contributed by atoms with Crippen LogP contribution in [0.25, 0.3) is 0 Å². The van der Waals surface area contributed by atoms with Crippen LogP contribution < -0.4 is 10.1 Å². The van der Waals surface area contributed by atoms with Crippen molar-refractivity contribution in [1.29, 1.82) is 0 Å². The minimum absolute atomic E-state index is 0.104. The summed E-state index contributed by atoms with van der Waals surface area (Å²) < 4.78 is 6.03. The summed E-state index contributed by atoms with van der Waals surface area (Å²) in [6.07, 6.45) is 0. The van der Waals surface area contributed by atoms with Gasteiger partial charge in [0.2, 0.25) is 0 Å². The van der Waals surface area contributed by atoms with Crippen molar-refractivity contribution in [2.75, 3.05) is 13.2 Å². The van der Waals surface area contributed by atoms with Crippen molar-refractivity contribution in [3.8, 4) is 5.75 Å². The molecule has 20 heavy (non-hydrogen) atoms. The summed E-state index contributed by atoms with van der Waals surface area (Å²) in [6, 6.07) is 5.01. The first kappa shape index (κ1) is 15.4. The molecule has 1 aliphatic rings. The van der Waals surface area contributed by atoms with E-state index in [2.05, 4.69) is 65.9 Å². The second-order valence-corrected chi connectivity index (χ2v) is 7.86. The van der Waals surface area contributed by atoms with Gasteiger partial charge in [0.25, 0.3) is 0 Å². The Morgan fingerprint density at radius 2 is 1.75 bits per heavy atom. The first-order valence-corrected chi connectivity index (χ1v) is 7.69. The van der Waals surface area contributed by atoms with E-state index in [1.54, 1.807) is 0 Å². The van der Waals surface area contributed by atoms with Gasteiger partial charge in [0, 0.05) is 11.1 Å². The fraction of sp³-hybridized carbons (Fsp3) is 0.667. The first-order chi connectivity index (χ1) is 9.14. The van der Waals surface area contributed by atoms with Gasteiger partial charge in [-0.05, 0) is 29.0 Å². The second kappa shape index (κ2) is 5.07. The highest BCUT2D eigenvalue weighted by Gasteiger charge is 2.32. The number of benzene rings is 1. The predicted octanol–water partition coefficient (Wildman–Crippen LogP) is 4.32. The van der Waals surface area contributed by atoms with Gasteiger partial charge in [-0.25, -0.2) is 0 Å². The average Bonchev–Trinajstić information content (AvgIpc) is 2.69. The lowest BCUT2D eigenvalue weighted by atomic mass is 9.78. The zero-order chi connectivity index (χ0) is 15.1. The normalized spacial score (nSPS) is 18.9. The van der Waals surface area contributed by atoms with E-state index < -0.39 is 0 Å². The van der Waals surface area contributed by atoms with Crippen molar-refractivity contribution in [2.24, 2.45) is 0 Å². The highest BCUT2D eigenvalue weighted by atomic mass is 16.5. The van der Waals surface area contributed by atoms with Gasteiger partial charge in [-0.2, -0.15) is 0 Å². The molecule has 2 heteroatoms. The minimum atomic E-state index is 0.104. The van der Waals surface area contributed by atoms with Crippen LogP contribution in [0.1, 0.15) is 71.2 Å². The monoisotopic (exact) mass is 275 g/mol. The van der Waals surface area contributed by atoms with Crippen LogP contribution in [0, 0.1) is 0 Å². The molecule has 0 amide bonds. The van der Waals surface area contributed by atoms with Gasteiger partial charge in [0.15, 0.2) is 0 Å². The fourth-order valence-corrected chi connectivity index (χ4v) is 2.73. The third-order valence-electron chi connectivity index (χ3n) is 4.01. The molecule has 0 saturated heterocycles. The molecule has 1 aromatic rings. The Balaban J connectivity index is 2.60. The molecule has 0 saturated carbocycles. The summed E-state index contributed by atoms with van der Waals surface area (Å²) in [7, 11) is 0. The van der Waals surface area contributed by atoms with Gasteiger partial charge in [-0.3, -0.25) is 0 Å². The maximum absolute atomic E-state index is 6.03. The molecular weight excluding hydrogens is 246 g/mol. The summed E-state index contributed by atoms with van der Waals surface area (Å²) in [5, 5.41) is 3.53. The lowest BCUT2D eigenvalue weighted by Gasteiger charge is -2.27. The van der Waals surface area contributed by atoms with E-state index in [0.717, 1.165) is 18.9 Å². The molecule has 1 N–H and O–H groups in total. The molecule has 0 aliphatic carbocycles. The van der Waals surface area contributed by atoms with Crippen LogP contribution in [-0.2, 0) is 10.8 Å². The fourth-order valence-electron chi connectivity index (χ4n) is 2.73. The Morgan fingerprint density at radius 3 is 2.25 bits per heavy atom. The van der Waals surface area contributed by atoms with E-state index in [-0.39, 0.29) is 10.8 Å². The Hall–Kier alpha value is -1.02. The molecule has 1 aromatic carbocycles. The Kier molecular flexibility index (Phi) is 3.90. The number of nitrogens with one attached hydrogen (secondary N) is 1. The summed E-state index contributed by atoms with van der Waals surface area (Å²) in [6.45, 7) is 17.5. The molecule has 0 aromatic heterocycles. The van der Waals surface area contributed by atoms with Crippen LogP contribution in [0.2, 0.25) is 0 Å². The third-order valence-corrected chi connectivity index (χ3v) is 4.01. The van der Waals surface area contributed by atoms with Crippen LogP contribution in [0.5, 0.6) is 5.75 Å². The van der Waals surface area contributed by atoms with Crippen LogP contribution in [0.4, 0.5) is 0 Å². The van der Waals surface area contributed by atoms with Crippen molar-refractivity contribution >= 4 is 0 Å². The van der Waals surface area contributed by atoms with Gasteiger partial charge >= 0.3 is 0 Å². The molecule has 112 valence electrons. The lowest BCUT2D eigenvalue weighted by molar-refractivity contribution is 0.307. The van der Waals surface area contributed by atoms with Crippen molar-refractivity contribution in [3.05, 3.63) is 28.8 Å². The molecule has 1 aliphatic heterocycles. The Bertz CT molecular complexity index is 491. The number of rotatable bonds is 2. The molecule has 0 fully saturated rings. The van der Waals surface area contributed by atoms with Crippen LogP contribution in [0.3, 0.4) is 0 Å². The van der Waals surface area contributed by atoms with Gasteiger partial charge < -0.3 is 10.1 Å². The molecule has 0 radical (unpaired) electrons. The molecule has 1 atom stereocenters. The highest BCUT2D eigenvalue weighted by molar-refractivity contribution is 5.52. The summed E-state index contributed by atoms with van der Waals surface area (Å²) >= 11 is 0. The smallest absolute Gasteiger partial charge is 0.128 e. The van der Waals surface area contributed by atoms with Crippen molar-refractivity contribution in [3.63, 3.8) is 0 Å². The third kappa shape index (κ3) is 2.85. The number of hydrogen-bond acceptors (Lipinski definition) is 2. The average molecular weight is 275 g/mol. The molecule has 1 unspecified atom stereocenters. The van der Waals surface area contributed by atoms with E-state index in [4.69, 9.17) is 4.74 Å². The minimum Gasteiger partial charge on any atom is -0.491 e. The number of likely N-dealkylation sites (N-methyl/N-ethyl adjacent to an activating group) is 1. The van der Waals surface area contributed by atoms with E-state index in [9.17, 15) is 0 Å². The highest BCUT2D eigenvalue weighted by Crippen LogP contribution is 2.43. The van der Waals surface area contributed by atoms with Crippen LogP contribution in [0.15, 0.2) is 12.1 Å².